The summed E-state index contributed by atoms with van der Waals surface area (Å²) in [5, 5.41) is 15.3. The van der Waals surface area contributed by atoms with Crippen LogP contribution >= 0.6 is 0 Å². The Morgan fingerprint density at radius 2 is 2.06 bits per heavy atom. The molecule has 0 N–H and O–H groups in total. The average molecular weight is 252 g/mol. The summed E-state index contributed by atoms with van der Waals surface area (Å²) in [6.45, 7) is 1.75. The molecule has 0 radical (unpaired) electrons. The first kappa shape index (κ1) is 12.1. The summed E-state index contributed by atoms with van der Waals surface area (Å²) in [5.74, 6) is 0. The fourth-order valence-corrected chi connectivity index (χ4v) is 1.55. The quantitative estimate of drug-likeness (QED) is 0.783. The van der Waals surface area contributed by atoms with Crippen molar-refractivity contribution in [2.24, 2.45) is 0 Å². The van der Waals surface area contributed by atoms with Gasteiger partial charge in [-0.25, -0.2) is 4.68 Å². The number of aryl methyl sites for hydroxylation is 1. The lowest BCUT2D eigenvalue weighted by atomic mass is 10.2. The second-order valence-corrected chi connectivity index (χ2v) is 3.65. The first-order valence-corrected chi connectivity index (χ1v) is 4.93. The number of nitrogens with zero attached hydrogens (tertiary/aromatic N) is 4. The highest BCUT2D eigenvalue weighted by molar-refractivity contribution is 5.39. The molecule has 0 aliphatic heterocycles. The Hall–Kier alpha value is -2.36. The minimum atomic E-state index is -4.68. The molecule has 92 valence electrons. The van der Waals surface area contributed by atoms with Crippen molar-refractivity contribution < 1.29 is 13.2 Å². The minimum absolute atomic E-state index is 0.219. The van der Waals surface area contributed by atoms with Gasteiger partial charge in [0.05, 0.1) is 5.69 Å². The largest absolute Gasteiger partial charge is 0.436 e. The Labute approximate surface area is 100 Å². The highest BCUT2D eigenvalue weighted by Crippen LogP contribution is 2.32. The predicted molar refractivity (Wildman–Crippen MR) is 55.8 cm³/mol. The third-order valence-electron chi connectivity index (χ3n) is 2.29. The molecule has 0 bridgehead atoms. The molecule has 2 rings (SSSR count). The summed E-state index contributed by atoms with van der Waals surface area (Å²) in [4.78, 5) is 0. The summed E-state index contributed by atoms with van der Waals surface area (Å²) in [5.41, 5.74) is -0.884. The normalized spacial score (nSPS) is 11.3. The Morgan fingerprint density at radius 3 is 2.61 bits per heavy atom. The zero-order valence-electron chi connectivity index (χ0n) is 9.23. The van der Waals surface area contributed by atoms with E-state index in [2.05, 4.69) is 10.3 Å². The molecule has 0 atom stereocenters. The lowest BCUT2D eigenvalue weighted by Gasteiger charge is -2.09. The van der Waals surface area contributed by atoms with Crippen molar-refractivity contribution in [3.63, 3.8) is 0 Å². The number of aromatic nitrogens is 3. The second kappa shape index (κ2) is 4.14. The monoisotopic (exact) mass is 252 g/mol. The van der Waals surface area contributed by atoms with Crippen LogP contribution in [0.4, 0.5) is 13.2 Å². The highest BCUT2D eigenvalue weighted by Gasteiger charge is 2.40. The Bertz CT molecular complexity index is 622. The van der Waals surface area contributed by atoms with Crippen LogP contribution in [0.1, 0.15) is 17.0 Å². The second-order valence-electron chi connectivity index (χ2n) is 3.65. The Kier molecular flexibility index (Phi) is 2.79. The first-order chi connectivity index (χ1) is 8.43. The molecule has 18 heavy (non-hydrogen) atoms. The van der Waals surface area contributed by atoms with Crippen LogP contribution < -0.4 is 0 Å². The molecule has 2 aromatic rings. The van der Waals surface area contributed by atoms with E-state index in [0.29, 0.717) is 4.68 Å². The van der Waals surface area contributed by atoms with Crippen LogP contribution in [-0.2, 0) is 6.18 Å². The first-order valence-electron chi connectivity index (χ1n) is 4.93. The molecule has 0 unspecified atom stereocenters. The predicted octanol–water partition coefficient (Wildman–Crippen LogP) is 2.47. The highest BCUT2D eigenvalue weighted by atomic mass is 19.4. The SMILES string of the molecule is Cc1cccc(-n2nnc(C#N)c2C(F)(F)F)c1. The fraction of sp³-hybridized carbons (Fsp3) is 0.182. The average Bonchev–Trinajstić information content (AvgIpc) is 2.72. The number of halogens is 3. The molecule has 0 spiro atoms. The van der Waals surface area contributed by atoms with E-state index >= 15 is 0 Å². The van der Waals surface area contributed by atoms with Gasteiger partial charge in [0.2, 0.25) is 0 Å². The third kappa shape index (κ3) is 2.05. The molecular formula is C11H7F3N4. The molecule has 0 amide bonds. The van der Waals surface area contributed by atoms with Gasteiger partial charge in [-0.3, -0.25) is 0 Å². The van der Waals surface area contributed by atoms with Crippen molar-refractivity contribution in [3.8, 4) is 11.8 Å². The summed E-state index contributed by atoms with van der Waals surface area (Å²) in [6, 6.07) is 7.75. The molecule has 1 heterocycles. The number of benzene rings is 1. The number of nitriles is 1. The van der Waals surface area contributed by atoms with Crippen LogP contribution in [0, 0.1) is 18.3 Å². The summed E-state index contributed by atoms with van der Waals surface area (Å²) < 4.78 is 39.2. The lowest BCUT2D eigenvalue weighted by Crippen LogP contribution is -2.14. The number of rotatable bonds is 1. The van der Waals surface area contributed by atoms with E-state index in [1.54, 1.807) is 19.1 Å². The smallest absolute Gasteiger partial charge is 0.207 e. The van der Waals surface area contributed by atoms with Crippen LogP contribution in [0.3, 0.4) is 0 Å². The van der Waals surface area contributed by atoms with Gasteiger partial charge in [-0.05, 0) is 24.6 Å². The van der Waals surface area contributed by atoms with E-state index in [9.17, 15) is 13.2 Å². The van der Waals surface area contributed by atoms with E-state index < -0.39 is 17.6 Å². The lowest BCUT2D eigenvalue weighted by molar-refractivity contribution is -0.143. The molecule has 0 saturated heterocycles. The van der Waals surface area contributed by atoms with Gasteiger partial charge in [0.15, 0.2) is 11.4 Å². The van der Waals surface area contributed by atoms with Gasteiger partial charge in [-0.15, -0.1) is 5.10 Å². The maximum atomic E-state index is 12.9. The van der Waals surface area contributed by atoms with Gasteiger partial charge in [-0.1, -0.05) is 17.3 Å². The number of hydrogen-bond acceptors (Lipinski definition) is 3. The van der Waals surface area contributed by atoms with Crippen molar-refractivity contribution >= 4 is 0 Å². The maximum Gasteiger partial charge on any atom is 0.436 e. The van der Waals surface area contributed by atoms with Crippen LogP contribution in [-0.4, -0.2) is 15.0 Å². The summed E-state index contributed by atoms with van der Waals surface area (Å²) >= 11 is 0. The van der Waals surface area contributed by atoms with Crippen LogP contribution in [0.15, 0.2) is 24.3 Å². The molecule has 1 aromatic carbocycles. The van der Waals surface area contributed by atoms with E-state index in [1.165, 1.54) is 18.2 Å². The van der Waals surface area contributed by atoms with Crippen molar-refractivity contribution in [1.82, 2.24) is 15.0 Å². The summed E-state index contributed by atoms with van der Waals surface area (Å²) in [6.07, 6.45) is -4.68. The van der Waals surface area contributed by atoms with Crippen molar-refractivity contribution in [1.29, 1.82) is 5.26 Å². The van der Waals surface area contributed by atoms with Crippen LogP contribution in [0.5, 0.6) is 0 Å². The molecule has 7 heteroatoms. The van der Waals surface area contributed by atoms with E-state index in [-0.39, 0.29) is 5.69 Å². The number of hydrogen-bond donors (Lipinski definition) is 0. The fourth-order valence-electron chi connectivity index (χ4n) is 1.55. The molecule has 1 aromatic heterocycles. The van der Waals surface area contributed by atoms with E-state index in [1.807, 2.05) is 0 Å². The van der Waals surface area contributed by atoms with E-state index in [0.717, 1.165) is 5.56 Å². The molecular weight excluding hydrogens is 245 g/mol. The van der Waals surface area contributed by atoms with Gasteiger partial charge in [0.1, 0.15) is 6.07 Å². The van der Waals surface area contributed by atoms with Crippen LogP contribution in [0.2, 0.25) is 0 Å². The maximum absolute atomic E-state index is 12.9. The molecule has 0 aliphatic carbocycles. The van der Waals surface area contributed by atoms with Crippen LogP contribution in [0.25, 0.3) is 5.69 Å². The number of alkyl halides is 3. The Balaban J connectivity index is 2.67. The standard InChI is InChI=1S/C11H7F3N4/c1-7-3-2-4-8(5-7)18-10(11(12,13)14)9(6-15)16-17-18/h2-5H,1H3. The molecule has 0 fully saturated rings. The zero-order valence-corrected chi connectivity index (χ0v) is 9.23. The Morgan fingerprint density at radius 1 is 1.33 bits per heavy atom. The van der Waals surface area contributed by atoms with Gasteiger partial charge in [0, 0.05) is 0 Å². The van der Waals surface area contributed by atoms with Crippen molar-refractivity contribution in [2.45, 2.75) is 13.1 Å². The molecule has 0 saturated carbocycles. The topological polar surface area (TPSA) is 54.5 Å². The minimum Gasteiger partial charge on any atom is -0.207 e. The third-order valence-corrected chi connectivity index (χ3v) is 2.29. The van der Waals surface area contributed by atoms with Crippen molar-refractivity contribution in [3.05, 3.63) is 41.2 Å². The van der Waals surface area contributed by atoms with E-state index in [4.69, 9.17) is 5.26 Å². The van der Waals surface area contributed by atoms with Crippen molar-refractivity contribution in [2.75, 3.05) is 0 Å². The van der Waals surface area contributed by atoms with Gasteiger partial charge >= 0.3 is 6.18 Å². The molecule has 4 nitrogen and oxygen atoms in total. The van der Waals surface area contributed by atoms with Gasteiger partial charge in [-0.2, -0.15) is 18.4 Å². The van der Waals surface area contributed by atoms with Gasteiger partial charge < -0.3 is 0 Å². The molecule has 0 aliphatic rings. The summed E-state index contributed by atoms with van der Waals surface area (Å²) in [7, 11) is 0. The van der Waals surface area contributed by atoms with Gasteiger partial charge in [0.25, 0.3) is 0 Å². The zero-order chi connectivity index (χ0) is 13.3.